The molecule has 3 aliphatic rings. The quantitative estimate of drug-likeness (QED) is 0.253. The summed E-state index contributed by atoms with van der Waals surface area (Å²) in [7, 11) is -4.80. The van der Waals surface area contributed by atoms with Gasteiger partial charge in [-0.25, -0.2) is 10.3 Å². The van der Waals surface area contributed by atoms with Crippen molar-refractivity contribution in [2.24, 2.45) is 0 Å². The largest absolute Gasteiger partial charge is 0.418 e. The summed E-state index contributed by atoms with van der Waals surface area (Å²) in [6.07, 6.45) is 0.714. The van der Waals surface area contributed by atoms with Gasteiger partial charge in [0.05, 0.1) is 12.6 Å². The van der Waals surface area contributed by atoms with Crippen molar-refractivity contribution >= 4 is 22.3 Å². The van der Waals surface area contributed by atoms with E-state index in [4.69, 9.17) is 9.39 Å². The van der Waals surface area contributed by atoms with Gasteiger partial charge >= 0.3 is 16.4 Å². The lowest BCUT2D eigenvalue weighted by atomic mass is 10.0. The van der Waals surface area contributed by atoms with Crippen molar-refractivity contribution in [2.45, 2.75) is 24.9 Å². The fraction of sp³-hybridized carbons (Fsp3) is 0.846. The number of urea groups is 1. The summed E-state index contributed by atoms with van der Waals surface area (Å²) in [4.78, 5) is 33.2. The van der Waals surface area contributed by atoms with Gasteiger partial charge in [-0.05, 0) is 12.8 Å². The van der Waals surface area contributed by atoms with Crippen LogP contribution in [0.5, 0.6) is 0 Å². The van der Waals surface area contributed by atoms with E-state index in [2.05, 4.69) is 20.0 Å². The summed E-state index contributed by atoms with van der Waals surface area (Å²) >= 11 is 0. The SMILES string of the molecule is O=C(NOCCN1CCNCC1)[C@@H]1CC[C@@H]2CN1C(=O)N2OS(=O)(=O)O. The number of carbonyl (C=O) groups excluding carboxylic acids is 2. The maximum Gasteiger partial charge on any atom is 0.418 e. The van der Waals surface area contributed by atoms with Gasteiger partial charge in [-0.15, -0.1) is 4.28 Å². The second-order valence-electron chi connectivity index (χ2n) is 6.42. The Kier molecular flexibility index (Phi) is 5.94. The monoisotopic (exact) mass is 393 g/mol. The van der Waals surface area contributed by atoms with E-state index in [1.165, 1.54) is 4.90 Å². The summed E-state index contributed by atoms with van der Waals surface area (Å²) in [6, 6.07) is -2.07. The Morgan fingerprint density at radius 1 is 1.31 bits per heavy atom. The number of hydrogen-bond donors (Lipinski definition) is 3. The molecular formula is C13H23N5O7S. The minimum Gasteiger partial charge on any atom is -0.314 e. The number of piperidine rings is 1. The summed E-state index contributed by atoms with van der Waals surface area (Å²) in [6.45, 7) is 4.86. The van der Waals surface area contributed by atoms with E-state index in [0.717, 1.165) is 26.2 Å². The molecule has 12 nitrogen and oxygen atoms in total. The zero-order chi connectivity index (χ0) is 18.7. The van der Waals surface area contributed by atoms with Crippen molar-refractivity contribution in [1.29, 1.82) is 0 Å². The maximum absolute atomic E-state index is 12.3. The number of nitrogens with one attached hydrogen (secondary N) is 2. The molecule has 2 bridgehead atoms. The Labute approximate surface area is 151 Å². The smallest absolute Gasteiger partial charge is 0.314 e. The summed E-state index contributed by atoms with van der Waals surface area (Å²) in [5.74, 6) is -0.467. The van der Waals surface area contributed by atoms with Gasteiger partial charge in [0.1, 0.15) is 6.04 Å². The lowest BCUT2D eigenvalue weighted by molar-refractivity contribution is -0.139. The molecule has 3 rings (SSSR count). The molecule has 0 aromatic rings. The molecule has 3 amide bonds. The van der Waals surface area contributed by atoms with E-state index in [9.17, 15) is 18.0 Å². The van der Waals surface area contributed by atoms with E-state index >= 15 is 0 Å². The van der Waals surface area contributed by atoms with Crippen molar-refractivity contribution in [3.63, 3.8) is 0 Å². The molecule has 0 spiro atoms. The normalized spacial score (nSPS) is 27.0. The molecule has 2 atom stereocenters. The summed E-state index contributed by atoms with van der Waals surface area (Å²) in [5, 5.41) is 3.85. The van der Waals surface area contributed by atoms with E-state index in [1.807, 2.05) is 0 Å². The molecule has 0 radical (unpaired) electrons. The molecule has 0 aromatic carbocycles. The molecule has 3 fully saturated rings. The number of piperazine rings is 1. The number of rotatable bonds is 7. The first-order chi connectivity index (χ1) is 12.3. The van der Waals surface area contributed by atoms with Gasteiger partial charge in [-0.1, -0.05) is 0 Å². The first-order valence-corrected chi connectivity index (χ1v) is 9.83. The Hall–Kier alpha value is -1.51. The molecule has 0 aromatic heterocycles. The fourth-order valence-electron chi connectivity index (χ4n) is 3.40. The van der Waals surface area contributed by atoms with Crippen LogP contribution in [0.1, 0.15) is 12.8 Å². The molecule has 3 heterocycles. The van der Waals surface area contributed by atoms with E-state index in [-0.39, 0.29) is 6.54 Å². The minimum atomic E-state index is -4.80. The molecule has 0 saturated carbocycles. The Bertz CT molecular complexity index is 639. The van der Waals surface area contributed by atoms with Crippen LogP contribution in [-0.2, 0) is 24.3 Å². The third-order valence-electron chi connectivity index (χ3n) is 4.69. The Balaban J connectivity index is 1.46. The van der Waals surface area contributed by atoms with Crippen LogP contribution in [-0.4, -0.2) is 97.7 Å². The molecule has 148 valence electrons. The Morgan fingerprint density at radius 3 is 2.73 bits per heavy atom. The van der Waals surface area contributed by atoms with Crippen LogP contribution in [0.4, 0.5) is 4.79 Å². The van der Waals surface area contributed by atoms with Gasteiger partial charge in [0.25, 0.3) is 5.91 Å². The lowest BCUT2D eigenvalue weighted by Crippen LogP contribution is -2.50. The highest BCUT2D eigenvalue weighted by atomic mass is 32.3. The fourth-order valence-corrected chi connectivity index (χ4v) is 3.79. The predicted octanol–water partition coefficient (Wildman–Crippen LogP) is -2.06. The number of hydrogen-bond acceptors (Lipinski definition) is 8. The number of nitrogens with zero attached hydrogens (tertiary/aromatic N) is 3. The van der Waals surface area contributed by atoms with Crippen molar-refractivity contribution < 1.29 is 31.7 Å². The highest BCUT2D eigenvalue weighted by molar-refractivity contribution is 7.80. The van der Waals surface area contributed by atoms with Crippen LogP contribution < -0.4 is 10.8 Å². The number of amides is 3. The zero-order valence-electron chi connectivity index (χ0n) is 14.2. The van der Waals surface area contributed by atoms with Gasteiger partial charge in [0.15, 0.2) is 0 Å². The topological polar surface area (TPSA) is 141 Å². The zero-order valence-corrected chi connectivity index (χ0v) is 15.0. The molecule has 13 heteroatoms. The van der Waals surface area contributed by atoms with Gasteiger partial charge in [0, 0.05) is 39.3 Å². The number of fused-ring (bicyclic) bond motifs is 2. The molecule has 3 saturated heterocycles. The predicted molar refractivity (Wildman–Crippen MR) is 86.8 cm³/mol. The molecule has 3 aliphatic heterocycles. The molecule has 26 heavy (non-hydrogen) atoms. The molecule has 0 aliphatic carbocycles. The van der Waals surface area contributed by atoms with Crippen molar-refractivity contribution in [3.05, 3.63) is 0 Å². The third kappa shape index (κ3) is 4.61. The first kappa shape index (κ1) is 19.3. The van der Waals surface area contributed by atoms with Crippen molar-refractivity contribution in [3.8, 4) is 0 Å². The molecule has 0 unspecified atom stereocenters. The van der Waals surface area contributed by atoms with Crippen molar-refractivity contribution in [2.75, 3.05) is 45.9 Å². The van der Waals surface area contributed by atoms with Gasteiger partial charge in [-0.2, -0.15) is 13.5 Å². The maximum atomic E-state index is 12.3. The van der Waals surface area contributed by atoms with Gasteiger partial charge in [0.2, 0.25) is 0 Å². The third-order valence-corrected chi connectivity index (χ3v) is 5.04. The lowest BCUT2D eigenvalue weighted by Gasteiger charge is -2.29. The molecular weight excluding hydrogens is 370 g/mol. The van der Waals surface area contributed by atoms with Crippen LogP contribution in [0.2, 0.25) is 0 Å². The van der Waals surface area contributed by atoms with Crippen LogP contribution >= 0.6 is 0 Å². The number of hydroxylamine groups is 3. The van der Waals surface area contributed by atoms with Crippen LogP contribution in [0, 0.1) is 0 Å². The highest BCUT2D eigenvalue weighted by Gasteiger charge is 2.49. The van der Waals surface area contributed by atoms with Crippen LogP contribution in [0.25, 0.3) is 0 Å². The summed E-state index contributed by atoms with van der Waals surface area (Å²) < 4.78 is 34.8. The van der Waals surface area contributed by atoms with Gasteiger partial charge < -0.3 is 10.2 Å². The second kappa shape index (κ2) is 8.02. The van der Waals surface area contributed by atoms with E-state index in [1.54, 1.807) is 0 Å². The van der Waals surface area contributed by atoms with E-state index in [0.29, 0.717) is 31.1 Å². The standard InChI is InChI=1S/C13H23N5O7S/c19-12(15-24-8-7-16-5-3-14-4-6-16)11-2-1-10-9-17(11)13(20)18(10)25-26(21,22)23/h10-11,14H,1-9H2,(H,15,19)(H,21,22,23)/t10-,11+/m1/s1. The number of carbonyl (C=O) groups is 2. The molecule has 3 N–H and O–H groups in total. The van der Waals surface area contributed by atoms with Crippen LogP contribution in [0.3, 0.4) is 0 Å². The first-order valence-electron chi connectivity index (χ1n) is 8.47. The van der Waals surface area contributed by atoms with Crippen LogP contribution in [0.15, 0.2) is 0 Å². The highest BCUT2D eigenvalue weighted by Crippen LogP contribution is 2.30. The Morgan fingerprint density at radius 2 is 2.04 bits per heavy atom. The van der Waals surface area contributed by atoms with E-state index < -0.39 is 34.4 Å². The average Bonchev–Trinajstić information content (AvgIpc) is 2.83. The second-order valence-corrected chi connectivity index (χ2v) is 7.42. The van der Waals surface area contributed by atoms with Gasteiger partial charge in [-0.3, -0.25) is 19.1 Å². The average molecular weight is 393 g/mol. The van der Waals surface area contributed by atoms with Crippen molar-refractivity contribution in [1.82, 2.24) is 25.7 Å². The summed E-state index contributed by atoms with van der Waals surface area (Å²) in [5.41, 5.74) is 2.36. The minimum absolute atomic E-state index is 0.146.